The Morgan fingerprint density at radius 1 is 1.45 bits per heavy atom. The molecule has 0 bridgehead atoms. The average Bonchev–Trinajstić information content (AvgIpc) is 2.38. The fourth-order valence-corrected chi connectivity index (χ4v) is 1.48. The van der Waals surface area contributed by atoms with Crippen molar-refractivity contribution in [2.45, 2.75) is 26.7 Å². The van der Waals surface area contributed by atoms with Crippen LogP contribution in [0.2, 0.25) is 0 Å². The van der Waals surface area contributed by atoms with Gasteiger partial charge in [-0.3, -0.25) is 0 Å². The minimum atomic E-state index is 0.917. The molecule has 0 aliphatic carbocycles. The predicted octanol–water partition coefficient (Wildman–Crippen LogP) is 1.92. The maximum absolute atomic E-state index is 4.29. The van der Waals surface area contributed by atoms with Crippen molar-refractivity contribution in [3.63, 3.8) is 0 Å². The zero-order chi connectivity index (χ0) is 8.10. The molecule has 0 aromatic carbocycles. The Morgan fingerprint density at radius 2 is 2.27 bits per heavy atom. The molecule has 0 radical (unpaired) electrons. The Bertz CT molecular complexity index is 189. The monoisotopic (exact) mass is 171 g/mol. The zero-order valence-electron chi connectivity index (χ0n) is 6.92. The first-order chi connectivity index (χ1) is 5.36. The summed E-state index contributed by atoms with van der Waals surface area (Å²) < 4.78 is 4.19. The van der Waals surface area contributed by atoms with Crippen LogP contribution < -0.4 is 5.32 Å². The second-order valence-corrected chi connectivity index (χ2v) is 3.05. The molecule has 1 N–H and O–H groups in total. The fraction of sp³-hybridized carbons (Fsp3) is 0.714. The van der Waals surface area contributed by atoms with Crippen LogP contribution in [0.1, 0.15) is 26.1 Å². The van der Waals surface area contributed by atoms with E-state index in [9.17, 15) is 0 Å². The molecule has 0 saturated carbocycles. The predicted molar refractivity (Wildman–Crippen MR) is 48.1 cm³/mol. The summed E-state index contributed by atoms with van der Waals surface area (Å²) in [5.74, 6) is 0.966. The number of nitrogens with one attached hydrogen (secondary N) is 1. The Labute approximate surface area is 71.0 Å². The van der Waals surface area contributed by atoms with Gasteiger partial charge < -0.3 is 5.32 Å². The highest BCUT2D eigenvalue weighted by molar-refractivity contribution is 7.09. The first kappa shape index (κ1) is 8.46. The largest absolute Gasteiger partial charge is 0.361 e. The summed E-state index contributed by atoms with van der Waals surface area (Å²) in [4.78, 5) is 4.29. The van der Waals surface area contributed by atoms with E-state index in [0.717, 1.165) is 30.3 Å². The molecule has 62 valence electrons. The van der Waals surface area contributed by atoms with E-state index >= 15 is 0 Å². The van der Waals surface area contributed by atoms with Gasteiger partial charge in [0.1, 0.15) is 5.82 Å². The average molecular weight is 171 g/mol. The summed E-state index contributed by atoms with van der Waals surface area (Å²) in [7, 11) is 0. The number of nitrogens with zero attached hydrogens (tertiary/aromatic N) is 2. The third kappa shape index (κ3) is 2.46. The van der Waals surface area contributed by atoms with Crippen molar-refractivity contribution >= 4 is 16.7 Å². The minimum absolute atomic E-state index is 0.917. The van der Waals surface area contributed by atoms with E-state index in [1.165, 1.54) is 11.5 Å². The van der Waals surface area contributed by atoms with Crippen LogP contribution >= 0.6 is 11.5 Å². The van der Waals surface area contributed by atoms with Crippen LogP contribution in [0, 0.1) is 0 Å². The summed E-state index contributed by atoms with van der Waals surface area (Å²) in [5.41, 5.74) is 0. The van der Waals surface area contributed by atoms with Crippen LogP contribution in [0.5, 0.6) is 0 Å². The van der Waals surface area contributed by atoms with E-state index in [1.54, 1.807) is 0 Å². The van der Waals surface area contributed by atoms with Gasteiger partial charge in [0.2, 0.25) is 5.13 Å². The second kappa shape index (κ2) is 4.28. The molecule has 0 atom stereocenters. The molecule has 0 unspecified atom stereocenters. The molecule has 0 amide bonds. The molecule has 1 aromatic heterocycles. The van der Waals surface area contributed by atoms with Crippen LogP contribution in [0.15, 0.2) is 0 Å². The summed E-state index contributed by atoms with van der Waals surface area (Å²) in [6.45, 7) is 5.11. The fourth-order valence-electron chi connectivity index (χ4n) is 0.802. The minimum Gasteiger partial charge on any atom is -0.361 e. The Kier molecular flexibility index (Phi) is 3.29. The molecule has 3 nitrogen and oxygen atoms in total. The Hall–Kier alpha value is -0.640. The van der Waals surface area contributed by atoms with E-state index < -0.39 is 0 Å². The Balaban J connectivity index is 2.51. The number of anilines is 1. The van der Waals surface area contributed by atoms with Crippen molar-refractivity contribution in [2.24, 2.45) is 0 Å². The normalized spacial score (nSPS) is 10.0. The van der Waals surface area contributed by atoms with Crippen LogP contribution in [-0.2, 0) is 6.42 Å². The lowest BCUT2D eigenvalue weighted by Gasteiger charge is -1.91. The van der Waals surface area contributed by atoms with E-state index in [1.807, 2.05) is 0 Å². The number of aromatic nitrogens is 2. The standard InChI is InChI=1S/C7H13N3S/c1-3-5-6-9-7(8-4-2)11-10-6/h3-5H2,1-2H3,(H,8,9,10). The summed E-state index contributed by atoms with van der Waals surface area (Å²) in [5, 5.41) is 4.07. The number of rotatable bonds is 4. The number of aryl methyl sites for hydroxylation is 1. The summed E-state index contributed by atoms with van der Waals surface area (Å²) in [6.07, 6.45) is 2.10. The Morgan fingerprint density at radius 3 is 2.91 bits per heavy atom. The van der Waals surface area contributed by atoms with Gasteiger partial charge in [0.25, 0.3) is 0 Å². The number of hydrogen-bond donors (Lipinski definition) is 1. The van der Waals surface area contributed by atoms with Crippen LogP contribution in [0.25, 0.3) is 0 Å². The molecular formula is C7H13N3S. The smallest absolute Gasteiger partial charge is 0.202 e. The first-order valence-electron chi connectivity index (χ1n) is 3.93. The van der Waals surface area contributed by atoms with Crippen molar-refractivity contribution in [1.29, 1.82) is 0 Å². The van der Waals surface area contributed by atoms with Gasteiger partial charge in [0.05, 0.1) is 0 Å². The highest BCUT2D eigenvalue weighted by atomic mass is 32.1. The molecule has 4 heteroatoms. The summed E-state index contributed by atoms with van der Waals surface area (Å²) >= 11 is 1.44. The molecule has 1 aromatic rings. The maximum Gasteiger partial charge on any atom is 0.202 e. The van der Waals surface area contributed by atoms with E-state index in [2.05, 4.69) is 28.5 Å². The number of hydrogen-bond acceptors (Lipinski definition) is 4. The lowest BCUT2D eigenvalue weighted by molar-refractivity contribution is 0.861. The van der Waals surface area contributed by atoms with Crippen LogP contribution in [-0.4, -0.2) is 15.9 Å². The highest BCUT2D eigenvalue weighted by Gasteiger charge is 1.99. The molecule has 1 heterocycles. The molecule has 0 saturated heterocycles. The van der Waals surface area contributed by atoms with E-state index in [-0.39, 0.29) is 0 Å². The van der Waals surface area contributed by atoms with E-state index in [4.69, 9.17) is 0 Å². The van der Waals surface area contributed by atoms with Gasteiger partial charge in [-0.2, -0.15) is 4.37 Å². The van der Waals surface area contributed by atoms with Crippen molar-refractivity contribution in [1.82, 2.24) is 9.36 Å². The summed E-state index contributed by atoms with van der Waals surface area (Å²) in [6, 6.07) is 0. The third-order valence-corrected chi connectivity index (χ3v) is 1.98. The SMILES string of the molecule is CCCc1nsc(NCC)n1. The molecule has 0 aliphatic rings. The van der Waals surface area contributed by atoms with Crippen LogP contribution in [0.3, 0.4) is 0 Å². The maximum atomic E-state index is 4.29. The third-order valence-electron chi connectivity index (χ3n) is 1.27. The molecule has 0 fully saturated rings. The topological polar surface area (TPSA) is 37.8 Å². The van der Waals surface area contributed by atoms with Gasteiger partial charge in [-0.15, -0.1) is 0 Å². The van der Waals surface area contributed by atoms with Gasteiger partial charge in [0.15, 0.2) is 0 Å². The molecule has 11 heavy (non-hydrogen) atoms. The van der Waals surface area contributed by atoms with Crippen molar-refractivity contribution < 1.29 is 0 Å². The molecule has 0 aliphatic heterocycles. The van der Waals surface area contributed by atoms with Gasteiger partial charge in [-0.25, -0.2) is 4.98 Å². The van der Waals surface area contributed by atoms with Crippen molar-refractivity contribution in [3.05, 3.63) is 5.82 Å². The van der Waals surface area contributed by atoms with Gasteiger partial charge in [-0.05, 0) is 13.3 Å². The van der Waals surface area contributed by atoms with Crippen molar-refractivity contribution in [3.8, 4) is 0 Å². The van der Waals surface area contributed by atoms with Gasteiger partial charge >= 0.3 is 0 Å². The van der Waals surface area contributed by atoms with Crippen molar-refractivity contribution in [2.75, 3.05) is 11.9 Å². The zero-order valence-corrected chi connectivity index (χ0v) is 7.74. The lowest BCUT2D eigenvalue weighted by atomic mass is 10.3. The lowest BCUT2D eigenvalue weighted by Crippen LogP contribution is -1.95. The van der Waals surface area contributed by atoms with Gasteiger partial charge in [0, 0.05) is 24.5 Å². The highest BCUT2D eigenvalue weighted by Crippen LogP contribution is 2.10. The quantitative estimate of drug-likeness (QED) is 0.752. The van der Waals surface area contributed by atoms with Crippen LogP contribution in [0.4, 0.5) is 5.13 Å². The molecular weight excluding hydrogens is 158 g/mol. The molecule has 0 spiro atoms. The second-order valence-electron chi connectivity index (χ2n) is 2.30. The van der Waals surface area contributed by atoms with E-state index in [0.29, 0.717) is 0 Å². The molecule has 1 rings (SSSR count). The van der Waals surface area contributed by atoms with Gasteiger partial charge in [-0.1, -0.05) is 6.92 Å². The first-order valence-corrected chi connectivity index (χ1v) is 4.70.